The van der Waals surface area contributed by atoms with Crippen LogP contribution in [0.2, 0.25) is 0 Å². The third-order valence-electron chi connectivity index (χ3n) is 6.03. The molecule has 2 N–H and O–H groups in total. The number of carbonyl (C=O) groups excluding carboxylic acids is 2. The number of ether oxygens (including phenoxy) is 2. The second-order valence-corrected chi connectivity index (χ2v) is 9.33. The van der Waals surface area contributed by atoms with Crippen molar-refractivity contribution >= 4 is 17.4 Å². The number of carbonyl (C=O) groups is 2. The predicted octanol–water partition coefficient (Wildman–Crippen LogP) is 5.45. The highest BCUT2D eigenvalue weighted by molar-refractivity contribution is 6.46. The molecule has 7 heteroatoms. The molecule has 7 nitrogen and oxygen atoms in total. The van der Waals surface area contributed by atoms with Crippen LogP contribution >= 0.6 is 0 Å². The molecule has 1 atom stereocenters. The van der Waals surface area contributed by atoms with Crippen molar-refractivity contribution in [3.05, 3.63) is 95.1 Å². The Hall–Kier alpha value is -4.26. The maximum Gasteiger partial charge on any atom is 0.295 e. The van der Waals surface area contributed by atoms with Gasteiger partial charge in [-0.25, -0.2) is 0 Å². The topological polar surface area (TPSA) is 96.3 Å². The summed E-state index contributed by atoms with van der Waals surface area (Å²) in [5, 5.41) is 21.1. The molecule has 1 aliphatic heterocycles. The maximum atomic E-state index is 13.3. The van der Waals surface area contributed by atoms with Crippen LogP contribution in [0, 0.1) is 5.92 Å². The molecular weight excluding hydrogens is 470 g/mol. The molecule has 1 saturated heterocycles. The van der Waals surface area contributed by atoms with E-state index >= 15 is 0 Å². The summed E-state index contributed by atoms with van der Waals surface area (Å²) >= 11 is 0. The summed E-state index contributed by atoms with van der Waals surface area (Å²) in [6, 6.07) is 19.6. The summed E-state index contributed by atoms with van der Waals surface area (Å²) in [4.78, 5) is 28.0. The van der Waals surface area contributed by atoms with E-state index in [0.29, 0.717) is 36.0 Å². The van der Waals surface area contributed by atoms with E-state index in [0.717, 1.165) is 11.3 Å². The quantitative estimate of drug-likeness (QED) is 0.230. The van der Waals surface area contributed by atoms with E-state index in [1.165, 1.54) is 17.0 Å². The van der Waals surface area contributed by atoms with Crippen LogP contribution in [0.25, 0.3) is 5.76 Å². The van der Waals surface area contributed by atoms with E-state index in [1.54, 1.807) is 36.4 Å². The second-order valence-electron chi connectivity index (χ2n) is 9.33. The van der Waals surface area contributed by atoms with Crippen molar-refractivity contribution < 1.29 is 29.3 Å². The van der Waals surface area contributed by atoms with Crippen molar-refractivity contribution in [3.8, 4) is 17.2 Å². The highest BCUT2D eigenvalue weighted by Gasteiger charge is 2.46. The van der Waals surface area contributed by atoms with E-state index < -0.39 is 17.7 Å². The lowest BCUT2D eigenvalue weighted by Gasteiger charge is -2.25. The lowest BCUT2D eigenvalue weighted by molar-refractivity contribution is -0.140. The molecule has 192 valence electrons. The predicted molar refractivity (Wildman–Crippen MR) is 140 cm³/mol. The van der Waals surface area contributed by atoms with Crippen LogP contribution in [0.5, 0.6) is 17.2 Å². The minimum absolute atomic E-state index is 0.0128. The fraction of sp³-hybridized carbons (Fsp3) is 0.267. The van der Waals surface area contributed by atoms with Gasteiger partial charge in [0, 0.05) is 12.1 Å². The Morgan fingerprint density at radius 3 is 2.30 bits per heavy atom. The van der Waals surface area contributed by atoms with Gasteiger partial charge < -0.3 is 24.6 Å². The van der Waals surface area contributed by atoms with Crippen molar-refractivity contribution in [1.29, 1.82) is 0 Å². The van der Waals surface area contributed by atoms with Gasteiger partial charge >= 0.3 is 0 Å². The first-order valence-corrected chi connectivity index (χ1v) is 12.3. The van der Waals surface area contributed by atoms with Crippen LogP contribution in [0.1, 0.15) is 43.5 Å². The monoisotopic (exact) mass is 501 g/mol. The molecule has 0 saturated carbocycles. The Balaban J connectivity index is 1.73. The first-order chi connectivity index (χ1) is 17.8. The number of hydrogen-bond acceptors (Lipinski definition) is 6. The summed E-state index contributed by atoms with van der Waals surface area (Å²) in [6.07, 6.45) is 0. The molecule has 4 rings (SSSR count). The zero-order chi connectivity index (χ0) is 26.5. The summed E-state index contributed by atoms with van der Waals surface area (Å²) in [6.45, 7) is 7.19. The van der Waals surface area contributed by atoms with Gasteiger partial charge in [0.15, 0.2) is 0 Å². The van der Waals surface area contributed by atoms with Gasteiger partial charge in [0.25, 0.3) is 11.7 Å². The number of aromatic hydroxyl groups is 1. The van der Waals surface area contributed by atoms with Crippen molar-refractivity contribution in [2.45, 2.75) is 33.4 Å². The van der Waals surface area contributed by atoms with Crippen LogP contribution in [-0.2, 0) is 16.1 Å². The van der Waals surface area contributed by atoms with Gasteiger partial charge in [-0.1, -0.05) is 50.2 Å². The average molecular weight is 502 g/mol. The summed E-state index contributed by atoms with van der Waals surface area (Å²) < 4.78 is 11.3. The number of nitrogens with zero attached hydrogens (tertiary/aromatic N) is 1. The Labute approximate surface area is 216 Å². The molecule has 0 aromatic heterocycles. The number of hydrogen-bond donors (Lipinski definition) is 2. The van der Waals surface area contributed by atoms with Gasteiger partial charge in [0.2, 0.25) is 0 Å². The fourth-order valence-electron chi connectivity index (χ4n) is 4.25. The first-order valence-electron chi connectivity index (χ1n) is 12.3. The Bertz CT molecular complexity index is 1290. The highest BCUT2D eigenvalue weighted by atomic mass is 16.5. The Morgan fingerprint density at radius 2 is 1.65 bits per heavy atom. The van der Waals surface area contributed by atoms with Gasteiger partial charge in [-0.3, -0.25) is 9.59 Å². The van der Waals surface area contributed by atoms with Crippen LogP contribution in [0.3, 0.4) is 0 Å². The lowest BCUT2D eigenvalue weighted by atomic mass is 9.95. The minimum Gasteiger partial charge on any atom is -0.508 e. The number of amides is 1. The van der Waals surface area contributed by atoms with Gasteiger partial charge in [0.1, 0.15) is 23.0 Å². The molecule has 0 aliphatic carbocycles. The van der Waals surface area contributed by atoms with Gasteiger partial charge in [0.05, 0.1) is 24.8 Å². The molecule has 0 bridgehead atoms. The molecule has 1 amide bonds. The molecule has 3 aromatic rings. The normalized spacial score (nSPS) is 16.9. The molecule has 0 spiro atoms. The summed E-state index contributed by atoms with van der Waals surface area (Å²) in [5.41, 5.74) is 1.76. The lowest BCUT2D eigenvalue weighted by Crippen LogP contribution is -2.29. The standard InChI is InChI=1S/C30H31NO6/c1-4-36-25-7-5-6-22(16-25)28(33)26-27(21-10-12-23(32)13-11-21)31(30(35)29(26)34)17-20-8-14-24(15-9-20)37-18-19(2)3/h5-16,19,27,32-33H,4,17-18H2,1-3H3/b28-26-. The van der Waals surface area contributed by atoms with Gasteiger partial charge in [-0.2, -0.15) is 0 Å². The number of aliphatic hydroxyl groups excluding tert-OH is 1. The van der Waals surface area contributed by atoms with E-state index in [1.807, 2.05) is 31.2 Å². The zero-order valence-corrected chi connectivity index (χ0v) is 21.2. The van der Waals surface area contributed by atoms with Crippen LogP contribution < -0.4 is 9.47 Å². The zero-order valence-electron chi connectivity index (χ0n) is 21.2. The number of rotatable bonds is 9. The van der Waals surface area contributed by atoms with Crippen molar-refractivity contribution in [2.75, 3.05) is 13.2 Å². The van der Waals surface area contributed by atoms with E-state index in [9.17, 15) is 19.8 Å². The SMILES string of the molecule is CCOc1cccc(/C(O)=C2/C(=O)C(=O)N(Cc3ccc(OCC(C)C)cc3)C2c2ccc(O)cc2)c1. The van der Waals surface area contributed by atoms with E-state index in [-0.39, 0.29) is 23.6 Å². The third-order valence-corrected chi connectivity index (χ3v) is 6.03. The molecule has 3 aromatic carbocycles. The second kappa shape index (κ2) is 11.2. The van der Waals surface area contributed by atoms with Gasteiger partial charge in [-0.15, -0.1) is 0 Å². The number of Topliss-reactive ketones (excluding diaryl/α,β-unsaturated/α-hetero) is 1. The minimum atomic E-state index is -0.840. The number of phenols is 1. The van der Waals surface area contributed by atoms with Crippen molar-refractivity contribution in [2.24, 2.45) is 5.92 Å². The number of ketones is 1. The van der Waals surface area contributed by atoms with Crippen molar-refractivity contribution in [3.63, 3.8) is 0 Å². The molecular formula is C30H31NO6. The summed E-state index contributed by atoms with van der Waals surface area (Å²) in [7, 11) is 0. The Kier molecular flexibility index (Phi) is 7.82. The van der Waals surface area contributed by atoms with E-state index in [2.05, 4.69) is 13.8 Å². The number of benzene rings is 3. The average Bonchev–Trinajstić information content (AvgIpc) is 3.13. The highest BCUT2D eigenvalue weighted by Crippen LogP contribution is 2.41. The van der Waals surface area contributed by atoms with Gasteiger partial charge in [-0.05, 0) is 60.4 Å². The van der Waals surface area contributed by atoms with Crippen molar-refractivity contribution in [1.82, 2.24) is 4.90 Å². The third kappa shape index (κ3) is 5.77. The smallest absolute Gasteiger partial charge is 0.295 e. The number of likely N-dealkylation sites (tertiary alicyclic amines) is 1. The largest absolute Gasteiger partial charge is 0.508 e. The van der Waals surface area contributed by atoms with Crippen LogP contribution in [-0.4, -0.2) is 40.0 Å². The Morgan fingerprint density at radius 1 is 0.946 bits per heavy atom. The first kappa shape index (κ1) is 25.8. The summed E-state index contributed by atoms with van der Waals surface area (Å²) in [5.74, 6) is -0.0355. The molecule has 1 fully saturated rings. The van der Waals surface area contributed by atoms with E-state index in [4.69, 9.17) is 9.47 Å². The molecule has 0 radical (unpaired) electrons. The molecule has 1 heterocycles. The molecule has 1 unspecified atom stereocenters. The fourth-order valence-corrected chi connectivity index (χ4v) is 4.25. The van der Waals surface area contributed by atoms with Crippen LogP contribution in [0.4, 0.5) is 0 Å². The van der Waals surface area contributed by atoms with Crippen LogP contribution in [0.15, 0.2) is 78.4 Å². The molecule has 1 aliphatic rings. The maximum absolute atomic E-state index is 13.3. The molecule has 37 heavy (non-hydrogen) atoms. The number of phenolic OH excluding ortho intramolecular Hbond substituents is 1. The number of aliphatic hydroxyl groups is 1.